The van der Waals surface area contributed by atoms with E-state index in [0.717, 1.165) is 39.3 Å². The largest absolute Gasteiger partial charge is 0.457 e. The quantitative estimate of drug-likeness (QED) is 0.372. The molecule has 2 heterocycles. The van der Waals surface area contributed by atoms with Crippen LogP contribution in [0.4, 0.5) is 0 Å². The van der Waals surface area contributed by atoms with Crippen molar-refractivity contribution in [2.45, 2.75) is 44.3 Å². The summed E-state index contributed by atoms with van der Waals surface area (Å²) in [5.41, 5.74) is 5.48. The SMILES string of the molecule is CC(C)(O)C(C)(C)OBc1ccc2c(c1)C1(c3ccccc3Oc3ccccc31)c1ncccc1-2. The van der Waals surface area contributed by atoms with Gasteiger partial charge in [0.2, 0.25) is 0 Å². The van der Waals surface area contributed by atoms with Gasteiger partial charge in [0, 0.05) is 22.9 Å². The zero-order valence-corrected chi connectivity index (χ0v) is 20.5. The van der Waals surface area contributed by atoms with Crippen molar-refractivity contribution in [3.63, 3.8) is 0 Å². The maximum atomic E-state index is 10.6. The highest BCUT2D eigenvalue weighted by atomic mass is 16.5. The van der Waals surface area contributed by atoms with Crippen LogP contribution < -0.4 is 10.2 Å². The minimum Gasteiger partial charge on any atom is -0.457 e. The molecule has 1 aliphatic heterocycles. The van der Waals surface area contributed by atoms with Gasteiger partial charge in [0.25, 0.3) is 0 Å². The number of hydrogen-bond acceptors (Lipinski definition) is 4. The van der Waals surface area contributed by atoms with Crippen molar-refractivity contribution in [3.8, 4) is 22.6 Å². The maximum absolute atomic E-state index is 10.6. The number of aromatic nitrogens is 1. The summed E-state index contributed by atoms with van der Waals surface area (Å²) in [6.07, 6.45) is 1.88. The molecule has 0 fully saturated rings. The summed E-state index contributed by atoms with van der Waals surface area (Å²) in [5.74, 6) is 1.70. The Hall–Kier alpha value is -3.41. The van der Waals surface area contributed by atoms with E-state index in [1.807, 2.05) is 50.4 Å². The van der Waals surface area contributed by atoms with Crippen molar-refractivity contribution in [2.75, 3.05) is 0 Å². The van der Waals surface area contributed by atoms with E-state index in [4.69, 9.17) is 14.4 Å². The fourth-order valence-corrected chi connectivity index (χ4v) is 5.26. The van der Waals surface area contributed by atoms with Crippen LogP contribution in [0.2, 0.25) is 0 Å². The molecule has 0 bridgehead atoms. The maximum Gasteiger partial charge on any atom is 0.309 e. The molecule has 0 atom stereocenters. The first-order valence-corrected chi connectivity index (χ1v) is 12.1. The van der Waals surface area contributed by atoms with Gasteiger partial charge in [-0.2, -0.15) is 0 Å². The standard InChI is InChI=1S/C30H28BNO3/c1-28(2,33)29(3,4)35-31-19-15-16-20-21-10-9-17-32-27(21)30(24(20)18-19)22-11-5-7-13-25(22)34-26-14-8-6-12-23(26)30/h5-18,31,33H,1-4H3. The van der Waals surface area contributed by atoms with Gasteiger partial charge in [-0.15, -0.1) is 0 Å². The van der Waals surface area contributed by atoms with Gasteiger partial charge in [-0.3, -0.25) is 4.98 Å². The summed E-state index contributed by atoms with van der Waals surface area (Å²) in [6, 6.07) is 27.2. The van der Waals surface area contributed by atoms with Crippen LogP contribution in [0.3, 0.4) is 0 Å². The normalized spacial score (nSPS) is 15.0. The molecule has 174 valence electrons. The van der Waals surface area contributed by atoms with Crippen LogP contribution in [0.1, 0.15) is 50.1 Å². The molecule has 1 aromatic heterocycles. The van der Waals surface area contributed by atoms with E-state index in [1.54, 1.807) is 13.8 Å². The lowest BCUT2D eigenvalue weighted by Crippen LogP contribution is -2.49. The lowest BCUT2D eigenvalue weighted by Gasteiger charge is -2.39. The number of ether oxygens (including phenoxy) is 1. The molecule has 0 saturated carbocycles. The van der Waals surface area contributed by atoms with Crippen LogP contribution in [-0.2, 0) is 10.1 Å². The summed E-state index contributed by atoms with van der Waals surface area (Å²) >= 11 is 0. The molecule has 3 aromatic carbocycles. The second-order valence-electron chi connectivity index (χ2n) is 10.5. The highest BCUT2D eigenvalue weighted by Crippen LogP contribution is 2.61. The van der Waals surface area contributed by atoms with Crippen molar-refractivity contribution in [1.82, 2.24) is 4.98 Å². The van der Waals surface area contributed by atoms with Crippen LogP contribution in [0.5, 0.6) is 11.5 Å². The van der Waals surface area contributed by atoms with E-state index < -0.39 is 16.6 Å². The number of para-hydroxylation sites is 2. The average Bonchev–Trinajstić information content (AvgIpc) is 3.13. The molecule has 5 heteroatoms. The molecular weight excluding hydrogens is 433 g/mol. The molecular formula is C30H28BNO3. The Morgan fingerprint density at radius 1 is 0.800 bits per heavy atom. The van der Waals surface area contributed by atoms with Crippen LogP contribution in [0, 0.1) is 0 Å². The average molecular weight is 461 g/mol. The first kappa shape index (κ1) is 22.1. The van der Waals surface area contributed by atoms with Crippen molar-refractivity contribution in [3.05, 3.63) is 107 Å². The Bertz CT molecular complexity index is 1410. The van der Waals surface area contributed by atoms with Crippen LogP contribution in [0.15, 0.2) is 85.1 Å². The Labute approximate surface area is 206 Å². The summed E-state index contributed by atoms with van der Waals surface area (Å²) in [6.45, 7) is 7.41. The number of rotatable bonds is 4. The molecule has 1 spiro atoms. The van der Waals surface area contributed by atoms with E-state index >= 15 is 0 Å². The predicted octanol–water partition coefficient (Wildman–Crippen LogP) is 5.09. The summed E-state index contributed by atoms with van der Waals surface area (Å²) in [4.78, 5) is 4.98. The van der Waals surface area contributed by atoms with Gasteiger partial charge in [-0.05, 0) is 57.0 Å². The zero-order valence-electron chi connectivity index (χ0n) is 20.5. The summed E-state index contributed by atoms with van der Waals surface area (Å²) in [5, 5.41) is 10.6. The van der Waals surface area contributed by atoms with Gasteiger partial charge in [0.1, 0.15) is 11.5 Å². The van der Waals surface area contributed by atoms with E-state index in [0.29, 0.717) is 7.48 Å². The molecule has 0 radical (unpaired) electrons. The van der Waals surface area contributed by atoms with E-state index in [1.165, 1.54) is 11.1 Å². The number of aliphatic hydroxyl groups is 1. The van der Waals surface area contributed by atoms with E-state index in [2.05, 4.69) is 48.5 Å². The van der Waals surface area contributed by atoms with Crippen LogP contribution in [0.25, 0.3) is 11.1 Å². The van der Waals surface area contributed by atoms with Crippen molar-refractivity contribution < 1.29 is 14.5 Å². The van der Waals surface area contributed by atoms with Crippen molar-refractivity contribution in [2.24, 2.45) is 0 Å². The Morgan fingerprint density at radius 2 is 1.46 bits per heavy atom. The Balaban J connectivity index is 1.59. The minimum absolute atomic E-state index is 0.393. The van der Waals surface area contributed by atoms with Crippen molar-refractivity contribution >= 4 is 12.9 Å². The highest BCUT2D eigenvalue weighted by molar-refractivity contribution is 6.47. The first-order chi connectivity index (χ1) is 16.7. The number of nitrogens with zero attached hydrogens (tertiary/aromatic N) is 1. The molecule has 6 rings (SSSR count). The van der Waals surface area contributed by atoms with E-state index in [9.17, 15) is 5.11 Å². The zero-order chi connectivity index (χ0) is 24.4. The number of fused-ring (bicyclic) bond motifs is 9. The third kappa shape index (κ3) is 3.12. The molecule has 0 saturated heterocycles. The number of pyridine rings is 1. The molecule has 0 amide bonds. The van der Waals surface area contributed by atoms with Crippen LogP contribution >= 0.6 is 0 Å². The summed E-state index contributed by atoms with van der Waals surface area (Å²) in [7, 11) is 0.393. The van der Waals surface area contributed by atoms with E-state index in [-0.39, 0.29) is 0 Å². The molecule has 4 aromatic rings. The lowest BCUT2D eigenvalue weighted by atomic mass is 9.66. The molecule has 0 unspecified atom stereocenters. The predicted molar refractivity (Wildman–Crippen MR) is 140 cm³/mol. The van der Waals surface area contributed by atoms with Gasteiger partial charge < -0.3 is 14.5 Å². The first-order valence-electron chi connectivity index (χ1n) is 12.1. The summed E-state index contributed by atoms with van der Waals surface area (Å²) < 4.78 is 12.6. The second kappa shape index (κ2) is 7.55. The third-order valence-electron chi connectivity index (χ3n) is 7.82. The lowest BCUT2D eigenvalue weighted by molar-refractivity contribution is -0.0893. The Morgan fingerprint density at radius 3 is 2.11 bits per heavy atom. The highest BCUT2D eigenvalue weighted by Gasteiger charge is 2.52. The fraction of sp³-hybridized carbons (Fsp3) is 0.233. The van der Waals surface area contributed by atoms with Gasteiger partial charge in [0.15, 0.2) is 0 Å². The smallest absolute Gasteiger partial charge is 0.309 e. The topological polar surface area (TPSA) is 51.6 Å². The van der Waals surface area contributed by atoms with Gasteiger partial charge in [-0.1, -0.05) is 66.1 Å². The minimum atomic E-state index is -0.969. The second-order valence-corrected chi connectivity index (χ2v) is 10.5. The monoisotopic (exact) mass is 461 g/mol. The molecule has 1 N–H and O–H groups in total. The Kier molecular flexibility index (Phi) is 4.76. The molecule has 2 aliphatic rings. The fourth-order valence-electron chi connectivity index (χ4n) is 5.26. The van der Waals surface area contributed by atoms with Crippen LogP contribution in [-0.4, -0.2) is 28.8 Å². The number of benzene rings is 3. The third-order valence-corrected chi connectivity index (χ3v) is 7.82. The van der Waals surface area contributed by atoms with Gasteiger partial charge in [-0.25, -0.2) is 0 Å². The van der Waals surface area contributed by atoms with Crippen molar-refractivity contribution in [1.29, 1.82) is 0 Å². The molecule has 4 nitrogen and oxygen atoms in total. The van der Waals surface area contributed by atoms with Gasteiger partial charge in [0.05, 0.1) is 22.3 Å². The number of hydrogen-bond donors (Lipinski definition) is 1. The van der Waals surface area contributed by atoms with Gasteiger partial charge >= 0.3 is 7.48 Å². The molecule has 35 heavy (non-hydrogen) atoms. The molecule has 1 aliphatic carbocycles.